The van der Waals surface area contributed by atoms with Crippen LogP contribution in [0.25, 0.3) is 17.2 Å². The largest absolute Gasteiger partial charge is 0.462 e. The van der Waals surface area contributed by atoms with Gasteiger partial charge in [0.15, 0.2) is 0 Å². The Morgan fingerprint density at radius 3 is 2.26 bits per heavy atom. The lowest BCUT2D eigenvalue weighted by Gasteiger charge is -2.16. The fourth-order valence-electron chi connectivity index (χ4n) is 4.90. The van der Waals surface area contributed by atoms with E-state index in [1.165, 1.54) is 47.4 Å². The Morgan fingerprint density at radius 1 is 0.860 bits per heavy atom. The van der Waals surface area contributed by atoms with Crippen molar-refractivity contribution < 1.29 is 28.3 Å². The van der Waals surface area contributed by atoms with Gasteiger partial charge in [-0.15, -0.1) is 23.1 Å². The van der Waals surface area contributed by atoms with Gasteiger partial charge in [-0.25, -0.2) is 9.18 Å². The number of anilines is 2. The summed E-state index contributed by atoms with van der Waals surface area (Å²) in [6.07, 6.45) is 1.75. The van der Waals surface area contributed by atoms with E-state index < -0.39 is 28.9 Å². The molecule has 0 aliphatic rings. The summed E-state index contributed by atoms with van der Waals surface area (Å²) >= 11 is 2.55. The van der Waals surface area contributed by atoms with E-state index in [1.807, 2.05) is 48.7 Å². The summed E-state index contributed by atoms with van der Waals surface area (Å²) in [5.41, 5.74) is 2.51. The van der Waals surface area contributed by atoms with Crippen LogP contribution in [-0.4, -0.2) is 35.5 Å². The SMILES string of the molecule is CCOC(=O)c1c(-c2ccccc2)csc1NC(=O)C(CC)Sc1cccc(NC(=O)/C(=C/c2ccccc2F)NC(=O)c2ccccc2)c1. The molecule has 1 atom stereocenters. The molecule has 1 unspecified atom stereocenters. The molecule has 0 radical (unpaired) electrons. The number of benzene rings is 4. The number of hydrogen-bond acceptors (Lipinski definition) is 7. The van der Waals surface area contributed by atoms with Gasteiger partial charge < -0.3 is 20.7 Å². The van der Waals surface area contributed by atoms with E-state index in [2.05, 4.69) is 16.0 Å². The van der Waals surface area contributed by atoms with Crippen LogP contribution >= 0.6 is 23.1 Å². The predicted molar refractivity (Wildman–Crippen MR) is 198 cm³/mol. The van der Waals surface area contributed by atoms with E-state index in [0.29, 0.717) is 38.7 Å². The van der Waals surface area contributed by atoms with Gasteiger partial charge in [-0.3, -0.25) is 14.4 Å². The summed E-state index contributed by atoms with van der Waals surface area (Å²) in [6, 6.07) is 30.6. The van der Waals surface area contributed by atoms with E-state index in [1.54, 1.807) is 61.5 Å². The summed E-state index contributed by atoms with van der Waals surface area (Å²) < 4.78 is 19.9. The van der Waals surface area contributed by atoms with Gasteiger partial charge in [0.25, 0.3) is 11.8 Å². The Bertz CT molecular complexity index is 2010. The number of ether oxygens (including phenoxy) is 1. The van der Waals surface area contributed by atoms with Crippen molar-refractivity contribution in [2.75, 3.05) is 17.2 Å². The van der Waals surface area contributed by atoms with Crippen molar-refractivity contribution >= 4 is 63.6 Å². The number of hydrogen-bond donors (Lipinski definition) is 3. The first kappa shape index (κ1) is 35.8. The van der Waals surface area contributed by atoms with E-state index in [9.17, 15) is 23.6 Å². The molecule has 0 spiro atoms. The van der Waals surface area contributed by atoms with Crippen molar-refractivity contribution in [3.05, 3.63) is 143 Å². The monoisotopic (exact) mass is 707 g/mol. The average molecular weight is 708 g/mol. The third-order valence-corrected chi connectivity index (χ3v) is 9.61. The summed E-state index contributed by atoms with van der Waals surface area (Å²) in [4.78, 5) is 53.7. The van der Waals surface area contributed by atoms with Crippen LogP contribution in [0.2, 0.25) is 0 Å². The molecule has 254 valence electrons. The number of halogens is 1. The van der Waals surface area contributed by atoms with Crippen molar-refractivity contribution in [1.29, 1.82) is 0 Å². The Balaban J connectivity index is 1.33. The minimum atomic E-state index is -0.664. The Kier molecular flexibility index (Phi) is 12.3. The molecule has 0 aliphatic heterocycles. The summed E-state index contributed by atoms with van der Waals surface area (Å²) in [6.45, 7) is 3.80. The molecule has 0 fully saturated rings. The number of nitrogens with one attached hydrogen (secondary N) is 3. The van der Waals surface area contributed by atoms with Crippen LogP contribution in [0.1, 0.15) is 46.5 Å². The number of carbonyl (C=O) groups excluding carboxylic acids is 4. The van der Waals surface area contributed by atoms with Crippen molar-refractivity contribution in [2.24, 2.45) is 0 Å². The molecule has 50 heavy (non-hydrogen) atoms. The highest BCUT2D eigenvalue weighted by atomic mass is 32.2. The minimum absolute atomic E-state index is 0.125. The molecule has 0 saturated heterocycles. The van der Waals surface area contributed by atoms with Gasteiger partial charge in [-0.05, 0) is 61.4 Å². The Labute approximate surface area is 297 Å². The second-order valence-corrected chi connectivity index (χ2v) is 13.0. The van der Waals surface area contributed by atoms with E-state index in [0.717, 1.165) is 5.56 Å². The van der Waals surface area contributed by atoms with Crippen molar-refractivity contribution in [1.82, 2.24) is 5.32 Å². The molecular formula is C39H34FN3O5S2. The lowest BCUT2D eigenvalue weighted by molar-refractivity contribution is -0.116. The van der Waals surface area contributed by atoms with Gasteiger partial charge in [-0.1, -0.05) is 79.7 Å². The number of amides is 3. The zero-order chi connectivity index (χ0) is 35.5. The van der Waals surface area contributed by atoms with Crippen LogP contribution in [0, 0.1) is 5.82 Å². The van der Waals surface area contributed by atoms with Crippen molar-refractivity contribution in [2.45, 2.75) is 30.4 Å². The highest BCUT2D eigenvalue weighted by Crippen LogP contribution is 2.37. The lowest BCUT2D eigenvalue weighted by atomic mass is 10.0. The topological polar surface area (TPSA) is 114 Å². The molecule has 0 bridgehead atoms. The van der Waals surface area contributed by atoms with Crippen LogP contribution in [-0.2, 0) is 14.3 Å². The molecule has 5 aromatic rings. The number of rotatable bonds is 13. The summed E-state index contributed by atoms with van der Waals surface area (Å²) in [7, 11) is 0. The second kappa shape index (κ2) is 17.2. The molecule has 0 saturated carbocycles. The fraction of sp³-hybridized carbons (Fsp3) is 0.128. The first-order valence-corrected chi connectivity index (χ1v) is 17.6. The summed E-state index contributed by atoms with van der Waals surface area (Å²) in [5.74, 6) is -2.56. The smallest absolute Gasteiger partial charge is 0.341 e. The van der Waals surface area contributed by atoms with Gasteiger partial charge in [0, 0.05) is 32.7 Å². The van der Waals surface area contributed by atoms with Crippen LogP contribution in [0.3, 0.4) is 0 Å². The highest BCUT2D eigenvalue weighted by Gasteiger charge is 2.26. The fourth-order valence-corrected chi connectivity index (χ4v) is 6.87. The zero-order valence-electron chi connectivity index (χ0n) is 27.3. The minimum Gasteiger partial charge on any atom is -0.462 e. The normalized spacial score (nSPS) is 11.7. The number of esters is 1. The molecule has 4 aromatic carbocycles. The van der Waals surface area contributed by atoms with Crippen molar-refractivity contribution in [3.8, 4) is 11.1 Å². The third kappa shape index (κ3) is 9.13. The van der Waals surface area contributed by atoms with Gasteiger partial charge in [0.2, 0.25) is 5.91 Å². The van der Waals surface area contributed by atoms with Gasteiger partial charge >= 0.3 is 5.97 Å². The van der Waals surface area contributed by atoms with Gasteiger partial charge in [0.05, 0.1) is 11.9 Å². The molecule has 11 heteroatoms. The van der Waals surface area contributed by atoms with Crippen molar-refractivity contribution in [3.63, 3.8) is 0 Å². The Morgan fingerprint density at radius 2 is 1.56 bits per heavy atom. The lowest BCUT2D eigenvalue weighted by Crippen LogP contribution is -2.30. The van der Waals surface area contributed by atoms with Crippen LogP contribution in [0.15, 0.2) is 125 Å². The quantitative estimate of drug-likeness (QED) is 0.0642. The highest BCUT2D eigenvalue weighted by molar-refractivity contribution is 8.00. The maximum absolute atomic E-state index is 14.5. The molecule has 5 rings (SSSR count). The predicted octanol–water partition coefficient (Wildman–Crippen LogP) is 8.65. The molecule has 3 amide bonds. The molecule has 1 heterocycles. The first-order valence-electron chi connectivity index (χ1n) is 15.8. The number of carbonyl (C=O) groups is 4. The zero-order valence-corrected chi connectivity index (χ0v) is 28.9. The maximum atomic E-state index is 14.5. The maximum Gasteiger partial charge on any atom is 0.341 e. The Hall–Kier alpha value is -5.52. The third-order valence-electron chi connectivity index (χ3n) is 7.36. The van der Waals surface area contributed by atoms with Crippen LogP contribution < -0.4 is 16.0 Å². The van der Waals surface area contributed by atoms with Gasteiger partial charge in [0.1, 0.15) is 22.1 Å². The number of thioether (sulfide) groups is 1. The molecule has 0 aliphatic carbocycles. The standard InChI is InChI=1S/C39H34FN3O5S2/c1-3-33(37(46)43-38-34(39(47)48-4-2)30(24-49-38)25-14-7-5-8-15-25)50-29-20-13-19-28(23-29)41-36(45)32(22-27-18-11-12-21-31(27)40)42-35(44)26-16-9-6-10-17-26/h5-24,33H,3-4H2,1-2H3,(H,41,45)(H,42,44)(H,43,46)/b32-22-. The first-order chi connectivity index (χ1) is 24.3. The molecule has 1 aromatic heterocycles. The van der Waals surface area contributed by atoms with Crippen LogP contribution in [0.4, 0.5) is 15.1 Å². The molecule has 8 nitrogen and oxygen atoms in total. The van der Waals surface area contributed by atoms with E-state index in [4.69, 9.17) is 4.74 Å². The second-order valence-electron chi connectivity index (χ2n) is 10.8. The average Bonchev–Trinajstić information content (AvgIpc) is 3.55. The van der Waals surface area contributed by atoms with Gasteiger partial charge in [-0.2, -0.15) is 0 Å². The van der Waals surface area contributed by atoms with Crippen LogP contribution in [0.5, 0.6) is 0 Å². The number of thiophene rings is 1. The van der Waals surface area contributed by atoms with E-state index in [-0.39, 0.29) is 23.8 Å². The van der Waals surface area contributed by atoms with E-state index >= 15 is 0 Å². The molecule has 3 N–H and O–H groups in total. The molecular weight excluding hydrogens is 674 g/mol. The summed E-state index contributed by atoms with van der Waals surface area (Å²) in [5, 5.41) is 10.0.